The summed E-state index contributed by atoms with van der Waals surface area (Å²) in [6.07, 6.45) is 1.43. The lowest BCUT2D eigenvalue weighted by atomic mass is 10.2. The van der Waals surface area contributed by atoms with Crippen molar-refractivity contribution in [3.05, 3.63) is 63.1 Å². The minimum atomic E-state index is -0.582. The number of halogens is 1. The lowest BCUT2D eigenvalue weighted by Gasteiger charge is -2.12. The zero-order valence-corrected chi connectivity index (χ0v) is 16.4. The van der Waals surface area contributed by atoms with Gasteiger partial charge in [0.1, 0.15) is 17.3 Å². The van der Waals surface area contributed by atoms with Gasteiger partial charge in [0.2, 0.25) is 5.91 Å². The number of thioether (sulfide) groups is 1. The van der Waals surface area contributed by atoms with Crippen molar-refractivity contribution in [3.8, 4) is 17.5 Å². The molecule has 3 aromatic rings. The number of aromatic amines is 1. The Morgan fingerprint density at radius 2 is 2.11 bits per heavy atom. The normalized spacial score (nSPS) is 11.6. The van der Waals surface area contributed by atoms with Crippen molar-refractivity contribution in [2.24, 2.45) is 0 Å². The van der Waals surface area contributed by atoms with Gasteiger partial charge in [0.25, 0.3) is 5.56 Å². The molecule has 0 bridgehead atoms. The number of furan rings is 1. The molecule has 27 heavy (non-hydrogen) atoms. The Morgan fingerprint density at radius 3 is 2.74 bits per heavy atom. The molecule has 0 aliphatic heterocycles. The summed E-state index contributed by atoms with van der Waals surface area (Å²) < 4.78 is 6.16. The number of nitrogens with one attached hydrogen (secondary N) is 2. The van der Waals surface area contributed by atoms with E-state index < -0.39 is 10.8 Å². The van der Waals surface area contributed by atoms with E-state index in [2.05, 4.69) is 31.2 Å². The summed E-state index contributed by atoms with van der Waals surface area (Å²) in [6, 6.07) is 12.3. The monoisotopic (exact) mass is 444 g/mol. The third-order valence-electron chi connectivity index (χ3n) is 3.53. The lowest BCUT2D eigenvalue weighted by molar-refractivity contribution is -0.115. The molecule has 0 unspecified atom stereocenters. The van der Waals surface area contributed by atoms with Gasteiger partial charge in [-0.05, 0) is 43.3 Å². The molecule has 9 heteroatoms. The summed E-state index contributed by atoms with van der Waals surface area (Å²) in [4.78, 5) is 31.4. The highest BCUT2D eigenvalue weighted by Gasteiger charge is 2.20. The molecular formula is C18H13BrN4O3S. The minimum absolute atomic E-state index is 0.138. The van der Waals surface area contributed by atoms with E-state index >= 15 is 0 Å². The van der Waals surface area contributed by atoms with E-state index in [-0.39, 0.29) is 22.3 Å². The molecule has 7 nitrogen and oxygen atoms in total. The molecule has 2 aromatic heterocycles. The van der Waals surface area contributed by atoms with Gasteiger partial charge in [-0.25, -0.2) is 4.98 Å². The Bertz CT molecular complexity index is 1060. The zero-order chi connectivity index (χ0) is 19.4. The van der Waals surface area contributed by atoms with Gasteiger partial charge in [0.05, 0.1) is 11.5 Å². The van der Waals surface area contributed by atoms with E-state index in [0.717, 1.165) is 16.2 Å². The molecule has 0 saturated carbocycles. The van der Waals surface area contributed by atoms with Crippen LogP contribution in [-0.4, -0.2) is 21.1 Å². The Labute approximate surface area is 166 Å². The highest BCUT2D eigenvalue weighted by atomic mass is 79.9. The number of nitriles is 1. The van der Waals surface area contributed by atoms with E-state index in [1.165, 1.54) is 6.26 Å². The summed E-state index contributed by atoms with van der Waals surface area (Å²) >= 11 is 4.42. The lowest BCUT2D eigenvalue weighted by Crippen LogP contribution is -2.23. The molecule has 1 aromatic carbocycles. The largest absolute Gasteiger partial charge is 0.463 e. The van der Waals surface area contributed by atoms with Crippen LogP contribution in [0.25, 0.3) is 11.5 Å². The van der Waals surface area contributed by atoms with Crippen LogP contribution in [0.3, 0.4) is 0 Å². The molecule has 0 aliphatic carbocycles. The van der Waals surface area contributed by atoms with Crippen molar-refractivity contribution in [2.45, 2.75) is 17.3 Å². The maximum Gasteiger partial charge on any atom is 0.270 e. The Balaban J connectivity index is 1.80. The number of amides is 1. The first-order chi connectivity index (χ1) is 13.0. The topological polar surface area (TPSA) is 112 Å². The maximum absolute atomic E-state index is 12.4. The van der Waals surface area contributed by atoms with Crippen molar-refractivity contribution in [2.75, 3.05) is 5.32 Å². The fraction of sp³-hybridized carbons (Fsp3) is 0.111. The van der Waals surface area contributed by atoms with Crippen molar-refractivity contribution in [1.29, 1.82) is 5.26 Å². The van der Waals surface area contributed by atoms with Crippen molar-refractivity contribution >= 4 is 39.3 Å². The van der Waals surface area contributed by atoms with E-state index in [1.54, 1.807) is 31.2 Å². The van der Waals surface area contributed by atoms with E-state index in [1.807, 2.05) is 18.2 Å². The van der Waals surface area contributed by atoms with Crippen LogP contribution in [0, 0.1) is 11.3 Å². The Morgan fingerprint density at radius 1 is 1.37 bits per heavy atom. The smallest absolute Gasteiger partial charge is 0.270 e. The van der Waals surface area contributed by atoms with Crippen molar-refractivity contribution in [1.82, 2.24) is 9.97 Å². The number of hydrogen-bond donors (Lipinski definition) is 2. The van der Waals surface area contributed by atoms with Crippen LogP contribution in [0.2, 0.25) is 0 Å². The van der Waals surface area contributed by atoms with Crippen LogP contribution >= 0.6 is 27.7 Å². The van der Waals surface area contributed by atoms with Gasteiger partial charge in [0, 0.05) is 10.2 Å². The first-order valence-electron chi connectivity index (χ1n) is 7.79. The Hall–Kier alpha value is -2.83. The van der Waals surface area contributed by atoms with Crippen LogP contribution in [0.4, 0.5) is 5.69 Å². The summed E-state index contributed by atoms with van der Waals surface area (Å²) in [5.41, 5.74) is 0.0886. The second-order valence-electron chi connectivity index (χ2n) is 5.44. The summed E-state index contributed by atoms with van der Waals surface area (Å²) in [6.45, 7) is 1.70. The molecule has 0 saturated heterocycles. The number of rotatable bonds is 5. The first-order valence-corrected chi connectivity index (χ1v) is 9.46. The maximum atomic E-state index is 12.4. The molecule has 136 valence electrons. The van der Waals surface area contributed by atoms with E-state index in [9.17, 15) is 14.9 Å². The molecule has 0 aliphatic rings. The van der Waals surface area contributed by atoms with Crippen LogP contribution in [0.5, 0.6) is 0 Å². The summed E-state index contributed by atoms with van der Waals surface area (Å²) in [5.74, 6) is 0.0698. The number of nitrogens with zero attached hydrogens (tertiary/aromatic N) is 2. The quantitative estimate of drug-likeness (QED) is 0.457. The molecule has 2 heterocycles. The highest BCUT2D eigenvalue weighted by Crippen LogP contribution is 2.25. The Kier molecular flexibility index (Phi) is 5.78. The molecule has 0 radical (unpaired) electrons. The average molecular weight is 445 g/mol. The zero-order valence-electron chi connectivity index (χ0n) is 14.0. The van der Waals surface area contributed by atoms with Gasteiger partial charge in [-0.15, -0.1) is 0 Å². The fourth-order valence-corrected chi connectivity index (χ4v) is 3.26. The standard InChI is InChI=1S/C18H13BrN4O3S/c1-10(16(24)21-12-6-4-11(19)5-7-12)27-18-22-15(14-3-2-8-26-14)13(9-20)17(25)23-18/h2-8,10H,1H3,(H,21,24)(H,22,23,25)/t10-/m0/s1. The highest BCUT2D eigenvalue weighted by molar-refractivity contribution is 9.10. The SMILES string of the molecule is C[C@H](Sc1nc(-c2ccco2)c(C#N)c(=O)[nH]1)C(=O)Nc1ccc(Br)cc1. The molecule has 3 rings (SSSR count). The number of aromatic nitrogens is 2. The number of hydrogen-bond acceptors (Lipinski definition) is 6. The van der Waals surface area contributed by atoms with E-state index in [4.69, 9.17) is 4.42 Å². The molecule has 1 atom stereocenters. The third-order valence-corrected chi connectivity index (χ3v) is 5.05. The molecule has 0 fully saturated rings. The fourth-order valence-electron chi connectivity index (χ4n) is 2.20. The van der Waals surface area contributed by atoms with Crippen molar-refractivity contribution in [3.63, 3.8) is 0 Å². The second-order valence-corrected chi connectivity index (χ2v) is 7.69. The van der Waals surface area contributed by atoms with Gasteiger partial charge < -0.3 is 14.7 Å². The number of carbonyl (C=O) groups is 1. The predicted octanol–water partition coefficient (Wildman–Crippen LogP) is 3.78. The number of H-pyrrole nitrogens is 1. The van der Waals surface area contributed by atoms with Crippen LogP contribution in [-0.2, 0) is 4.79 Å². The third kappa shape index (κ3) is 4.48. The predicted molar refractivity (Wildman–Crippen MR) is 105 cm³/mol. The number of benzene rings is 1. The van der Waals surface area contributed by atoms with Crippen LogP contribution < -0.4 is 10.9 Å². The number of anilines is 1. The van der Waals surface area contributed by atoms with Gasteiger partial charge in [-0.3, -0.25) is 9.59 Å². The molecule has 0 spiro atoms. The average Bonchev–Trinajstić information content (AvgIpc) is 3.17. The first kappa shape index (κ1) is 18.9. The second kappa shape index (κ2) is 8.24. The van der Waals surface area contributed by atoms with Gasteiger partial charge in [0.15, 0.2) is 10.9 Å². The van der Waals surface area contributed by atoms with Gasteiger partial charge >= 0.3 is 0 Å². The molecular weight excluding hydrogens is 432 g/mol. The van der Waals surface area contributed by atoms with Gasteiger partial charge in [-0.2, -0.15) is 5.26 Å². The molecule has 1 amide bonds. The van der Waals surface area contributed by atoms with E-state index in [0.29, 0.717) is 11.4 Å². The number of carbonyl (C=O) groups excluding carboxylic acids is 1. The summed E-state index contributed by atoms with van der Waals surface area (Å²) in [7, 11) is 0. The van der Waals surface area contributed by atoms with Crippen LogP contribution in [0.15, 0.2) is 61.5 Å². The van der Waals surface area contributed by atoms with Gasteiger partial charge in [-0.1, -0.05) is 27.7 Å². The molecule has 2 N–H and O–H groups in total. The van der Waals surface area contributed by atoms with Crippen molar-refractivity contribution < 1.29 is 9.21 Å². The van der Waals surface area contributed by atoms with Crippen LogP contribution in [0.1, 0.15) is 12.5 Å². The minimum Gasteiger partial charge on any atom is -0.463 e. The summed E-state index contributed by atoms with van der Waals surface area (Å²) in [5, 5.41) is 11.7.